The Morgan fingerprint density at radius 3 is 2.17 bits per heavy atom. The Balaban J connectivity index is 2.55. The molecule has 0 radical (unpaired) electrons. The molecule has 0 unspecified atom stereocenters. The van der Waals surface area contributed by atoms with Crippen LogP contribution in [0.5, 0.6) is 0 Å². The topological polar surface area (TPSA) is 38.3 Å². The van der Waals surface area contributed by atoms with Gasteiger partial charge in [0.05, 0.1) is 0 Å². The number of hydrogen-bond acceptors (Lipinski definition) is 2. The van der Waals surface area contributed by atoms with Crippen LogP contribution in [0, 0.1) is 0 Å². The molecular weight excluding hydrogens is 226 g/mol. The van der Waals surface area contributed by atoms with Gasteiger partial charge in [0.25, 0.3) is 0 Å². The zero-order valence-corrected chi connectivity index (χ0v) is 11.9. The number of carbonyl (C=O) groups excluding carboxylic acids is 1. The maximum Gasteiger partial charge on any atom is 0.407 e. The lowest BCUT2D eigenvalue weighted by Crippen LogP contribution is -2.39. The van der Waals surface area contributed by atoms with E-state index in [1.165, 1.54) is 5.56 Å². The van der Waals surface area contributed by atoms with Gasteiger partial charge in [0, 0.05) is 12.0 Å². The summed E-state index contributed by atoms with van der Waals surface area (Å²) in [5, 5.41) is 2.82. The second-order valence-corrected chi connectivity index (χ2v) is 6.11. The Labute approximate surface area is 110 Å². The number of hydrogen-bond donors (Lipinski definition) is 1. The van der Waals surface area contributed by atoms with Gasteiger partial charge in [-0.15, -0.1) is 0 Å². The molecule has 1 N–H and O–H groups in total. The zero-order chi connectivity index (χ0) is 13.8. The molecule has 1 aromatic rings. The molecule has 100 valence electrons. The highest BCUT2D eigenvalue weighted by Crippen LogP contribution is 2.21. The molecule has 3 nitrogen and oxygen atoms in total. The van der Waals surface area contributed by atoms with Crippen molar-refractivity contribution >= 4 is 6.09 Å². The van der Waals surface area contributed by atoms with Crippen molar-refractivity contribution in [1.29, 1.82) is 0 Å². The van der Waals surface area contributed by atoms with E-state index in [1.807, 2.05) is 39.0 Å². The van der Waals surface area contributed by atoms with Gasteiger partial charge < -0.3 is 10.1 Å². The summed E-state index contributed by atoms with van der Waals surface area (Å²) in [6.07, 6.45) is -0.369. The Morgan fingerprint density at radius 2 is 1.67 bits per heavy atom. The number of ether oxygens (including phenoxy) is 1. The fourth-order valence-corrected chi connectivity index (χ4v) is 1.60. The third kappa shape index (κ3) is 4.78. The highest BCUT2D eigenvalue weighted by atomic mass is 16.6. The molecule has 0 saturated carbocycles. The minimum absolute atomic E-state index is 0.113. The van der Waals surface area contributed by atoms with Gasteiger partial charge in [-0.1, -0.05) is 44.2 Å². The van der Waals surface area contributed by atoms with Crippen molar-refractivity contribution in [3.05, 3.63) is 35.9 Å². The van der Waals surface area contributed by atoms with Gasteiger partial charge in [-0.3, -0.25) is 0 Å². The Bertz CT molecular complexity index is 391. The summed E-state index contributed by atoms with van der Waals surface area (Å²) in [7, 11) is 0. The molecule has 0 heterocycles. The first-order valence-electron chi connectivity index (χ1n) is 6.23. The summed E-state index contributed by atoms with van der Waals surface area (Å²) in [6, 6.07) is 10.1. The van der Waals surface area contributed by atoms with E-state index in [4.69, 9.17) is 4.74 Å². The van der Waals surface area contributed by atoms with E-state index in [1.54, 1.807) is 0 Å². The maximum atomic E-state index is 11.6. The van der Waals surface area contributed by atoms with Crippen LogP contribution in [-0.4, -0.2) is 18.2 Å². The predicted octanol–water partition coefficient (Wildman–Crippen LogP) is 3.49. The molecule has 18 heavy (non-hydrogen) atoms. The lowest BCUT2D eigenvalue weighted by molar-refractivity contribution is 0.0517. The third-order valence-corrected chi connectivity index (χ3v) is 2.63. The summed E-state index contributed by atoms with van der Waals surface area (Å²) in [6.45, 7) is 10.3. The Hall–Kier alpha value is -1.51. The molecule has 0 bridgehead atoms. The van der Waals surface area contributed by atoms with E-state index >= 15 is 0 Å². The smallest absolute Gasteiger partial charge is 0.407 e. The van der Waals surface area contributed by atoms with Gasteiger partial charge in [0.1, 0.15) is 5.60 Å². The van der Waals surface area contributed by atoms with E-state index < -0.39 is 5.60 Å². The highest BCUT2D eigenvalue weighted by molar-refractivity contribution is 5.67. The van der Waals surface area contributed by atoms with Crippen LogP contribution in [0.4, 0.5) is 4.79 Å². The Morgan fingerprint density at radius 1 is 1.11 bits per heavy atom. The van der Waals surface area contributed by atoms with Crippen LogP contribution in [0.25, 0.3) is 0 Å². The molecule has 0 aromatic heterocycles. The molecule has 1 amide bonds. The van der Waals surface area contributed by atoms with Crippen molar-refractivity contribution < 1.29 is 9.53 Å². The van der Waals surface area contributed by atoms with Crippen LogP contribution in [0.1, 0.15) is 40.2 Å². The third-order valence-electron chi connectivity index (χ3n) is 2.63. The first kappa shape index (κ1) is 14.6. The largest absolute Gasteiger partial charge is 0.444 e. The molecule has 1 rings (SSSR count). The number of benzene rings is 1. The first-order valence-corrected chi connectivity index (χ1v) is 6.23. The number of carbonyl (C=O) groups is 1. The quantitative estimate of drug-likeness (QED) is 0.890. The summed E-state index contributed by atoms with van der Waals surface area (Å²) < 4.78 is 5.22. The van der Waals surface area contributed by atoms with Gasteiger partial charge in [-0.25, -0.2) is 4.79 Å². The molecule has 3 heteroatoms. The number of rotatable bonds is 3. The summed E-state index contributed by atoms with van der Waals surface area (Å²) in [5.41, 5.74) is 0.625. The standard InChI is InChI=1S/C15H23NO2/c1-14(2,3)18-13(17)16-11-15(4,5)12-9-7-6-8-10-12/h6-10H,11H2,1-5H3,(H,16,17). The number of amides is 1. The van der Waals surface area contributed by atoms with Gasteiger partial charge in [0.2, 0.25) is 0 Å². The average Bonchev–Trinajstić information content (AvgIpc) is 2.26. The molecule has 0 saturated heterocycles. The number of alkyl carbamates (subject to hydrolysis) is 1. The fourth-order valence-electron chi connectivity index (χ4n) is 1.60. The van der Waals surface area contributed by atoms with Crippen LogP contribution in [0.3, 0.4) is 0 Å². The maximum absolute atomic E-state index is 11.6. The van der Waals surface area contributed by atoms with Gasteiger partial charge in [-0.05, 0) is 26.3 Å². The van der Waals surface area contributed by atoms with Crippen molar-refractivity contribution in [1.82, 2.24) is 5.32 Å². The lowest BCUT2D eigenvalue weighted by atomic mass is 9.85. The second-order valence-electron chi connectivity index (χ2n) is 6.11. The highest BCUT2D eigenvalue weighted by Gasteiger charge is 2.23. The van der Waals surface area contributed by atoms with Crippen LogP contribution in [0.15, 0.2) is 30.3 Å². The summed E-state index contributed by atoms with van der Waals surface area (Å²) >= 11 is 0. The normalized spacial score (nSPS) is 12.1. The Kier molecular flexibility index (Phi) is 4.38. The lowest BCUT2D eigenvalue weighted by Gasteiger charge is -2.27. The molecule has 0 aliphatic carbocycles. The average molecular weight is 249 g/mol. The van der Waals surface area contributed by atoms with E-state index in [0.717, 1.165) is 0 Å². The van der Waals surface area contributed by atoms with Gasteiger partial charge in [0.15, 0.2) is 0 Å². The van der Waals surface area contributed by atoms with Crippen molar-refractivity contribution in [3.8, 4) is 0 Å². The molecule has 0 aliphatic rings. The minimum atomic E-state index is -0.457. The molecule has 0 atom stereocenters. The molecule has 1 aromatic carbocycles. The van der Waals surface area contributed by atoms with E-state index in [0.29, 0.717) is 6.54 Å². The SMILES string of the molecule is CC(C)(C)OC(=O)NCC(C)(C)c1ccccc1. The van der Waals surface area contributed by atoms with Crippen molar-refractivity contribution in [3.63, 3.8) is 0 Å². The van der Waals surface area contributed by atoms with E-state index in [9.17, 15) is 4.79 Å². The van der Waals surface area contributed by atoms with Crippen LogP contribution >= 0.6 is 0 Å². The predicted molar refractivity (Wildman–Crippen MR) is 73.7 cm³/mol. The molecular formula is C15H23NO2. The van der Waals surface area contributed by atoms with Crippen LogP contribution < -0.4 is 5.32 Å². The van der Waals surface area contributed by atoms with Crippen molar-refractivity contribution in [2.45, 2.75) is 45.6 Å². The van der Waals surface area contributed by atoms with Crippen molar-refractivity contribution in [2.24, 2.45) is 0 Å². The molecule has 0 fully saturated rings. The molecule has 0 aliphatic heterocycles. The second kappa shape index (κ2) is 5.42. The first-order chi connectivity index (χ1) is 8.21. The van der Waals surface area contributed by atoms with E-state index in [2.05, 4.69) is 31.3 Å². The fraction of sp³-hybridized carbons (Fsp3) is 0.533. The van der Waals surface area contributed by atoms with E-state index in [-0.39, 0.29) is 11.5 Å². The molecule has 0 spiro atoms. The number of nitrogens with one attached hydrogen (secondary N) is 1. The minimum Gasteiger partial charge on any atom is -0.444 e. The van der Waals surface area contributed by atoms with Gasteiger partial charge >= 0.3 is 6.09 Å². The van der Waals surface area contributed by atoms with Gasteiger partial charge in [-0.2, -0.15) is 0 Å². The van der Waals surface area contributed by atoms with Crippen LogP contribution in [0.2, 0.25) is 0 Å². The summed E-state index contributed by atoms with van der Waals surface area (Å²) in [4.78, 5) is 11.6. The zero-order valence-electron chi connectivity index (χ0n) is 11.9. The summed E-state index contributed by atoms with van der Waals surface area (Å²) in [5.74, 6) is 0. The monoisotopic (exact) mass is 249 g/mol. The van der Waals surface area contributed by atoms with Crippen molar-refractivity contribution in [2.75, 3.05) is 6.54 Å². The van der Waals surface area contributed by atoms with Crippen LogP contribution in [-0.2, 0) is 10.2 Å².